The molecule has 2 aliphatic carbocycles. The molecule has 0 bridgehead atoms. The van der Waals surface area contributed by atoms with Gasteiger partial charge in [0.05, 0.1) is 0 Å². The maximum absolute atomic E-state index is 2.47. The monoisotopic (exact) mass is 394 g/mol. The van der Waals surface area contributed by atoms with E-state index in [0.717, 1.165) is 0 Å². The zero-order valence-electron chi connectivity index (χ0n) is 18.7. The third-order valence-corrected chi connectivity index (χ3v) is 7.49. The first kappa shape index (κ1) is 19.6. The summed E-state index contributed by atoms with van der Waals surface area (Å²) in [6.45, 7) is 4.61. The van der Waals surface area contributed by atoms with Crippen LogP contribution in [0.1, 0.15) is 68.5 Å². The molecule has 3 aromatic rings. The Morgan fingerprint density at radius 1 is 0.500 bits per heavy atom. The molecular formula is C30H34. The van der Waals surface area contributed by atoms with E-state index in [0.29, 0.717) is 0 Å². The molecule has 5 rings (SSSR count). The molecule has 0 heteroatoms. The molecule has 0 unspecified atom stereocenters. The Hall–Kier alpha value is -2.34. The Labute approximate surface area is 182 Å². The summed E-state index contributed by atoms with van der Waals surface area (Å²) in [4.78, 5) is 0. The lowest BCUT2D eigenvalue weighted by atomic mass is 9.86. The molecule has 0 amide bonds. The molecule has 0 radical (unpaired) electrons. The standard InChI is InChI=1S/C30H34/c1-21-17-28(8-4-6-24-10-12-26-14-16-30(26)20-24)22(2)18-27(21)7-3-5-23-9-11-25-13-15-29(25)19-23/h9-12,17-20H,3-8,13-16H2,1-2H3. The Morgan fingerprint density at radius 2 is 0.933 bits per heavy atom. The molecule has 0 aromatic heterocycles. The minimum absolute atomic E-state index is 1.19. The number of hydrogen-bond donors (Lipinski definition) is 0. The maximum atomic E-state index is 2.47. The SMILES string of the molecule is Cc1cc(CCCc2ccc3c(c2)CC3)c(C)cc1CCCc1ccc2c(c1)CC2. The van der Waals surface area contributed by atoms with Gasteiger partial charge in [-0.05, 0) is 134 Å². The van der Waals surface area contributed by atoms with E-state index in [1.807, 2.05) is 0 Å². The van der Waals surface area contributed by atoms with Crippen molar-refractivity contribution in [3.63, 3.8) is 0 Å². The van der Waals surface area contributed by atoms with E-state index in [-0.39, 0.29) is 0 Å². The fraction of sp³-hybridized carbons (Fsp3) is 0.400. The number of fused-ring (bicyclic) bond motifs is 2. The molecular weight excluding hydrogens is 360 g/mol. The van der Waals surface area contributed by atoms with Crippen LogP contribution in [0, 0.1) is 13.8 Å². The van der Waals surface area contributed by atoms with E-state index in [9.17, 15) is 0 Å². The van der Waals surface area contributed by atoms with E-state index in [4.69, 9.17) is 0 Å². The number of aryl methyl sites for hydroxylation is 10. The Kier molecular flexibility index (Phi) is 5.50. The first-order valence-electron chi connectivity index (χ1n) is 12.0. The molecule has 0 N–H and O–H groups in total. The number of benzene rings is 3. The van der Waals surface area contributed by atoms with Crippen LogP contribution in [-0.4, -0.2) is 0 Å². The molecule has 2 aliphatic rings. The first-order valence-corrected chi connectivity index (χ1v) is 12.0. The van der Waals surface area contributed by atoms with Gasteiger partial charge in [0.1, 0.15) is 0 Å². The molecule has 0 spiro atoms. The van der Waals surface area contributed by atoms with Gasteiger partial charge in [0.15, 0.2) is 0 Å². The summed E-state index contributed by atoms with van der Waals surface area (Å²) in [5.41, 5.74) is 15.4. The van der Waals surface area contributed by atoms with E-state index >= 15 is 0 Å². The second kappa shape index (κ2) is 8.42. The Balaban J connectivity index is 1.14. The van der Waals surface area contributed by atoms with Crippen LogP contribution >= 0.6 is 0 Å². The average Bonchev–Trinajstić information content (AvgIpc) is 2.69. The highest BCUT2D eigenvalue weighted by Gasteiger charge is 2.14. The second-order valence-electron chi connectivity index (χ2n) is 9.62. The van der Waals surface area contributed by atoms with Crippen LogP contribution in [0.2, 0.25) is 0 Å². The van der Waals surface area contributed by atoms with Crippen LogP contribution in [0.4, 0.5) is 0 Å². The molecule has 0 saturated carbocycles. The van der Waals surface area contributed by atoms with Crippen LogP contribution in [0.15, 0.2) is 48.5 Å². The van der Waals surface area contributed by atoms with E-state index in [2.05, 4.69) is 62.4 Å². The molecule has 0 fully saturated rings. The van der Waals surface area contributed by atoms with Crippen LogP contribution in [0.3, 0.4) is 0 Å². The molecule has 0 aliphatic heterocycles. The van der Waals surface area contributed by atoms with Gasteiger partial charge in [-0.15, -0.1) is 0 Å². The number of rotatable bonds is 8. The molecule has 30 heavy (non-hydrogen) atoms. The van der Waals surface area contributed by atoms with Crippen molar-refractivity contribution < 1.29 is 0 Å². The summed E-state index contributed by atoms with van der Waals surface area (Å²) in [6.07, 6.45) is 12.4. The minimum Gasteiger partial charge on any atom is -0.0588 e. The fourth-order valence-corrected chi connectivity index (χ4v) is 5.25. The third-order valence-electron chi connectivity index (χ3n) is 7.49. The molecule has 154 valence electrons. The van der Waals surface area contributed by atoms with Crippen molar-refractivity contribution in [3.8, 4) is 0 Å². The van der Waals surface area contributed by atoms with E-state index in [1.165, 1.54) is 86.5 Å². The van der Waals surface area contributed by atoms with Crippen molar-refractivity contribution in [1.29, 1.82) is 0 Å². The van der Waals surface area contributed by atoms with Crippen molar-refractivity contribution in [3.05, 3.63) is 104 Å². The fourth-order valence-electron chi connectivity index (χ4n) is 5.25. The summed E-state index contributed by atoms with van der Waals surface area (Å²) in [5, 5.41) is 0. The maximum Gasteiger partial charge on any atom is -0.0235 e. The minimum atomic E-state index is 1.19. The molecule has 0 atom stereocenters. The molecule has 0 nitrogen and oxygen atoms in total. The van der Waals surface area contributed by atoms with Crippen LogP contribution in [0.25, 0.3) is 0 Å². The summed E-state index contributed by atoms with van der Waals surface area (Å²) in [5.74, 6) is 0. The average molecular weight is 395 g/mol. The van der Waals surface area contributed by atoms with Gasteiger partial charge >= 0.3 is 0 Å². The summed E-state index contributed by atoms with van der Waals surface area (Å²) < 4.78 is 0. The highest BCUT2D eigenvalue weighted by atomic mass is 14.2. The van der Waals surface area contributed by atoms with Crippen molar-refractivity contribution in [2.45, 2.75) is 78.1 Å². The van der Waals surface area contributed by atoms with Crippen LogP contribution < -0.4 is 0 Å². The van der Waals surface area contributed by atoms with Gasteiger partial charge in [-0.25, -0.2) is 0 Å². The molecule has 0 saturated heterocycles. The summed E-state index contributed by atoms with van der Waals surface area (Å²) in [7, 11) is 0. The van der Waals surface area contributed by atoms with Crippen LogP contribution in [0.5, 0.6) is 0 Å². The van der Waals surface area contributed by atoms with Crippen molar-refractivity contribution in [2.75, 3.05) is 0 Å². The summed E-state index contributed by atoms with van der Waals surface area (Å²) in [6, 6.07) is 19.2. The highest BCUT2D eigenvalue weighted by molar-refractivity contribution is 5.40. The zero-order valence-corrected chi connectivity index (χ0v) is 18.7. The lowest BCUT2D eigenvalue weighted by Crippen LogP contribution is -2.08. The Bertz CT molecular complexity index is 982. The van der Waals surface area contributed by atoms with Gasteiger partial charge < -0.3 is 0 Å². The normalized spacial score (nSPS) is 13.9. The predicted molar refractivity (Wildman–Crippen MR) is 128 cm³/mol. The van der Waals surface area contributed by atoms with Gasteiger partial charge in [0, 0.05) is 0 Å². The highest BCUT2D eigenvalue weighted by Crippen LogP contribution is 2.26. The van der Waals surface area contributed by atoms with Crippen molar-refractivity contribution in [1.82, 2.24) is 0 Å². The van der Waals surface area contributed by atoms with Crippen molar-refractivity contribution in [2.24, 2.45) is 0 Å². The van der Waals surface area contributed by atoms with Gasteiger partial charge in [0.2, 0.25) is 0 Å². The van der Waals surface area contributed by atoms with Gasteiger partial charge in [-0.2, -0.15) is 0 Å². The van der Waals surface area contributed by atoms with E-state index in [1.54, 1.807) is 33.4 Å². The lowest BCUT2D eigenvalue weighted by Gasteiger charge is -2.19. The van der Waals surface area contributed by atoms with Gasteiger partial charge in [0.25, 0.3) is 0 Å². The van der Waals surface area contributed by atoms with E-state index < -0.39 is 0 Å². The van der Waals surface area contributed by atoms with Gasteiger partial charge in [-0.1, -0.05) is 48.5 Å². The number of hydrogen-bond acceptors (Lipinski definition) is 0. The first-order chi connectivity index (χ1) is 14.7. The Morgan fingerprint density at radius 3 is 1.30 bits per heavy atom. The predicted octanol–water partition coefficient (Wildman–Crippen LogP) is 6.85. The van der Waals surface area contributed by atoms with Crippen molar-refractivity contribution >= 4 is 0 Å². The molecule has 0 heterocycles. The molecule has 3 aromatic carbocycles. The quantitative estimate of drug-likeness (QED) is 0.392. The second-order valence-corrected chi connectivity index (χ2v) is 9.62. The van der Waals surface area contributed by atoms with Crippen LogP contribution in [-0.2, 0) is 51.4 Å². The third kappa shape index (κ3) is 4.10. The lowest BCUT2D eigenvalue weighted by molar-refractivity contribution is 0.786. The topological polar surface area (TPSA) is 0 Å². The largest absolute Gasteiger partial charge is 0.0588 e. The summed E-state index contributed by atoms with van der Waals surface area (Å²) >= 11 is 0. The zero-order chi connectivity index (χ0) is 20.5. The van der Waals surface area contributed by atoms with Gasteiger partial charge in [-0.3, -0.25) is 0 Å². The smallest absolute Gasteiger partial charge is 0.0235 e.